The molecule has 5 rings (SSSR count). The molecule has 0 aromatic carbocycles. The number of halogens is 1. The molecule has 8 heteroatoms. The largest absolute Gasteiger partial charge is 0.385 e. The number of ether oxygens (including phenoxy) is 1. The van der Waals surface area contributed by atoms with Gasteiger partial charge < -0.3 is 14.0 Å². The van der Waals surface area contributed by atoms with E-state index in [0.29, 0.717) is 17.3 Å². The predicted octanol–water partition coefficient (Wildman–Crippen LogP) is 4.02. The fourth-order valence-electron chi connectivity index (χ4n) is 4.68. The minimum absolute atomic E-state index is 0.327. The first-order chi connectivity index (χ1) is 15.5. The maximum Gasteiger partial charge on any atom is 0.173 e. The maximum atomic E-state index is 15.0. The Kier molecular flexibility index (Phi) is 5.65. The molecule has 168 valence electrons. The van der Waals surface area contributed by atoms with E-state index in [1.807, 2.05) is 42.9 Å². The predicted molar refractivity (Wildman–Crippen MR) is 122 cm³/mol. The van der Waals surface area contributed by atoms with Crippen molar-refractivity contribution < 1.29 is 9.13 Å². The van der Waals surface area contributed by atoms with Gasteiger partial charge in [0.05, 0.1) is 23.3 Å². The van der Waals surface area contributed by atoms with Gasteiger partial charge in [0, 0.05) is 44.1 Å². The summed E-state index contributed by atoms with van der Waals surface area (Å²) >= 11 is 0. The van der Waals surface area contributed by atoms with Gasteiger partial charge in [0.2, 0.25) is 0 Å². The minimum atomic E-state index is -0.327. The van der Waals surface area contributed by atoms with Crippen molar-refractivity contribution in [1.82, 2.24) is 28.9 Å². The number of nitrogens with zero attached hydrogens (tertiary/aromatic N) is 6. The molecule has 4 aromatic rings. The number of rotatable bonds is 6. The first-order valence-electron chi connectivity index (χ1n) is 11.3. The fourth-order valence-corrected chi connectivity index (χ4v) is 4.68. The lowest BCUT2D eigenvalue weighted by Gasteiger charge is -2.31. The third-order valence-electron chi connectivity index (χ3n) is 6.38. The molecule has 0 saturated carbocycles. The van der Waals surface area contributed by atoms with Gasteiger partial charge in [0.25, 0.3) is 0 Å². The Morgan fingerprint density at radius 3 is 2.66 bits per heavy atom. The number of aryl methyl sites for hydroxylation is 2. The zero-order valence-corrected chi connectivity index (χ0v) is 18.9. The average molecular weight is 437 g/mol. The first-order valence-corrected chi connectivity index (χ1v) is 11.3. The van der Waals surface area contributed by atoms with E-state index in [1.165, 1.54) is 6.07 Å². The molecule has 1 aliphatic heterocycles. The Labute approximate surface area is 186 Å². The van der Waals surface area contributed by atoms with Crippen molar-refractivity contribution in [2.75, 3.05) is 33.4 Å². The highest BCUT2D eigenvalue weighted by Crippen LogP contribution is 2.29. The Hall–Kier alpha value is -2.84. The number of likely N-dealkylation sites (tertiary alicyclic amines) is 1. The summed E-state index contributed by atoms with van der Waals surface area (Å²) in [7, 11) is 1.74. The van der Waals surface area contributed by atoms with Crippen LogP contribution in [0.25, 0.3) is 22.6 Å². The van der Waals surface area contributed by atoms with Crippen molar-refractivity contribution in [3.05, 3.63) is 53.5 Å². The van der Waals surface area contributed by atoms with E-state index in [2.05, 4.69) is 20.0 Å². The van der Waals surface area contributed by atoms with Crippen LogP contribution in [0.5, 0.6) is 0 Å². The van der Waals surface area contributed by atoms with Crippen LogP contribution in [0.2, 0.25) is 0 Å². The van der Waals surface area contributed by atoms with Crippen LogP contribution in [0, 0.1) is 19.7 Å². The van der Waals surface area contributed by atoms with Crippen LogP contribution in [-0.2, 0) is 4.74 Å². The summed E-state index contributed by atoms with van der Waals surface area (Å²) < 4.78 is 23.7. The molecule has 7 nitrogen and oxygen atoms in total. The molecule has 32 heavy (non-hydrogen) atoms. The van der Waals surface area contributed by atoms with E-state index in [-0.39, 0.29) is 5.82 Å². The molecule has 5 heterocycles. The molecule has 1 aliphatic rings. The van der Waals surface area contributed by atoms with Gasteiger partial charge in [-0.25, -0.2) is 18.9 Å². The van der Waals surface area contributed by atoms with Gasteiger partial charge in [-0.1, -0.05) is 0 Å². The fraction of sp³-hybridized carbons (Fsp3) is 0.458. The van der Waals surface area contributed by atoms with E-state index in [0.717, 1.165) is 73.7 Å². The summed E-state index contributed by atoms with van der Waals surface area (Å²) in [5.74, 6) is 0.0363. The highest BCUT2D eigenvalue weighted by molar-refractivity contribution is 5.64. The van der Waals surface area contributed by atoms with Crippen LogP contribution in [0.4, 0.5) is 4.39 Å². The maximum absolute atomic E-state index is 15.0. The number of hydrogen-bond donors (Lipinski definition) is 0. The van der Waals surface area contributed by atoms with Crippen molar-refractivity contribution in [2.24, 2.45) is 0 Å². The van der Waals surface area contributed by atoms with E-state index in [4.69, 9.17) is 4.74 Å². The molecular weight excluding hydrogens is 407 g/mol. The number of hydrogen-bond acceptors (Lipinski definition) is 5. The van der Waals surface area contributed by atoms with E-state index >= 15 is 4.39 Å². The third kappa shape index (κ3) is 4.00. The normalized spacial score (nSPS) is 15.9. The molecule has 1 saturated heterocycles. The Morgan fingerprint density at radius 1 is 1.06 bits per heavy atom. The van der Waals surface area contributed by atoms with Crippen molar-refractivity contribution >= 4 is 11.3 Å². The van der Waals surface area contributed by atoms with Gasteiger partial charge in [0.1, 0.15) is 0 Å². The lowest BCUT2D eigenvalue weighted by atomic mass is 9.94. The monoisotopic (exact) mass is 436 g/mol. The average Bonchev–Trinajstić information content (AvgIpc) is 3.38. The standard InChI is InChI=1S/C24H29FN6O/c1-16-11-21(28-31-13-17(2)26-23(16)31)19-12-20(25)24-27-22(15-30(24)14-19)18-5-8-29(9-6-18)7-4-10-32-3/h11-15,18H,4-10H2,1-3H3. The SMILES string of the molecule is COCCCN1CCC(c2cn3cc(-c4cc(C)c5nc(C)cn5n4)cc(F)c3n2)CC1. The summed E-state index contributed by atoms with van der Waals surface area (Å²) in [6, 6.07) is 3.49. The first kappa shape index (κ1) is 21.0. The van der Waals surface area contributed by atoms with Crippen LogP contribution >= 0.6 is 0 Å². The molecule has 0 atom stereocenters. The molecule has 0 spiro atoms. The number of methoxy groups -OCH3 is 1. The lowest BCUT2D eigenvalue weighted by Crippen LogP contribution is -2.34. The Bertz CT molecular complexity index is 1250. The van der Waals surface area contributed by atoms with E-state index < -0.39 is 0 Å². The van der Waals surface area contributed by atoms with Gasteiger partial charge in [-0.3, -0.25) is 0 Å². The number of piperidine rings is 1. The second kappa shape index (κ2) is 8.60. The van der Waals surface area contributed by atoms with Crippen LogP contribution in [-0.4, -0.2) is 62.2 Å². The minimum Gasteiger partial charge on any atom is -0.385 e. The second-order valence-electron chi connectivity index (χ2n) is 8.80. The number of aromatic nitrogens is 5. The van der Waals surface area contributed by atoms with E-state index in [1.54, 1.807) is 11.6 Å². The highest BCUT2D eigenvalue weighted by atomic mass is 19.1. The summed E-state index contributed by atoms with van der Waals surface area (Å²) in [5.41, 5.74) is 5.53. The molecule has 4 aromatic heterocycles. The summed E-state index contributed by atoms with van der Waals surface area (Å²) in [6.45, 7) is 7.90. The lowest BCUT2D eigenvalue weighted by molar-refractivity contribution is 0.157. The van der Waals surface area contributed by atoms with Crippen molar-refractivity contribution in [2.45, 2.75) is 39.0 Å². The summed E-state index contributed by atoms with van der Waals surface area (Å²) in [5, 5.41) is 4.65. The molecule has 1 fully saturated rings. The third-order valence-corrected chi connectivity index (χ3v) is 6.38. The molecule has 0 N–H and O–H groups in total. The second-order valence-corrected chi connectivity index (χ2v) is 8.80. The number of pyridine rings is 1. The quantitative estimate of drug-likeness (QED) is 0.428. The Balaban J connectivity index is 1.39. The summed E-state index contributed by atoms with van der Waals surface area (Å²) in [4.78, 5) is 11.6. The molecule has 0 bridgehead atoms. The van der Waals surface area contributed by atoms with Crippen LogP contribution in [0.15, 0.2) is 30.7 Å². The molecule has 0 radical (unpaired) electrons. The van der Waals surface area contributed by atoms with Crippen LogP contribution in [0.3, 0.4) is 0 Å². The van der Waals surface area contributed by atoms with Gasteiger partial charge in [-0.05, 0) is 63.9 Å². The number of imidazole rings is 2. The zero-order chi connectivity index (χ0) is 22.2. The van der Waals surface area contributed by atoms with Crippen LogP contribution in [0.1, 0.15) is 42.1 Å². The topological polar surface area (TPSA) is 60.0 Å². The molecule has 0 aliphatic carbocycles. The van der Waals surface area contributed by atoms with Gasteiger partial charge in [-0.15, -0.1) is 0 Å². The molecular formula is C24H29FN6O. The van der Waals surface area contributed by atoms with Crippen molar-refractivity contribution in [3.8, 4) is 11.3 Å². The smallest absolute Gasteiger partial charge is 0.173 e. The van der Waals surface area contributed by atoms with Gasteiger partial charge >= 0.3 is 0 Å². The Morgan fingerprint density at radius 2 is 1.88 bits per heavy atom. The van der Waals surface area contributed by atoms with Crippen molar-refractivity contribution in [3.63, 3.8) is 0 Å². The highest BCUT2D eigenvalue weighted by Gasteiger charge is 2.23. The van der Waals surface area contributed by atoms with Crippen molar-refractivity contribution in [1.29, 1.82) is 0 Å². The van der Waals surface area contributed by atoms with Gasteiger partial charge in [0.15, 0.2) is 17.1 Å². The van der Waals surface area contributed by atoms with Gasteiger partial charge in [-0.2, -0.15) is 5.10 Å². The molecule has 0 amide bonds. The number of fused-ring (bicyclic) bond motifs is 2. The van der Waals surface area contributed by atoms with Crippen LogP contribution < -0.4 is 0 Å². The van der Waals surface area contributed by atoms with E-state index in [9.17, 15) is 0 Å². The molecule has 0 unspecified atom stereocenters. The summed E-state index contributed by atoms with van der Waals surface area (Å²) in [6.07, 6.45) is 8.94. The zero-order valence-electron chi connectivity index (χ0n) is 18.9.